The van der Waals surface area contributed by atoms with Crippen LogP contribution in [-0.4, -0.2) is 5.67 Å². The predicted molar refractivity (Wildman–Crippen MR) is 55.5 cm³/mol. The van der Waals surface area contributed by atoms with Crippen LogP contribution in [0.15, 0.2) is 0 Å². The largest absolute Gasteiger partial charge is 0.244 e. The molecule has 0 nitrogen and oxygen atoms in total. The maximum absolute atomic E-state index is 13.8. The third-order valence-electron chi connectivity index (χ3n) is 3.56. The van der Waals surface area contributed by atoms with Crippen molar-refractivity contribution in [2.24, 2.45) is 17.8 Å². The topological polar surface area (TPSA) is 0 Å². The molecule has 0 aromatic carbocycles. The van der Waals surface area contributed by atoms with Gasteiger partial charge in [0, 0.05) is 0 Å². The summed E-state index contributed by atoms with van der Waals surface area (Å²) in [5, 5.41) is 0. The lowest BCUT2D eigenvalue weighted by Crippen LogP contribution is -2.34. The Kier molecular flexibility index (Phi) is 3.37. The summed E-state index contributed by atoms with van der Waals surface area (Å²) in [6.07, 6.45) is 4.23. The molecule has 0 heterocycles. The molecule has 0 N–H and O–H groups in total. The summed E-state index contributed by atoms with van der Waals surface area (Å²) in [7, 11) is 0. The van der Waals surface area contributed by atoms with E-state index in [1.807, 2.05) is 0 Å². The third-order valence-corrected chi connectivity index (χ3v) is 3.56. The van der Waals surface area contributed by atoms with Crippen LogP contribution in [0.4, 0.5) is 4.39 Å². The van der Waals surface area contributed by atoms with Crippen LogP contribution in [0.5, 0.6) is 0 Å². The van der Waals surface area contributed by atoms with E-state index < -0.39 is 5.67 Å². The highest BCUT2D eigenvalue weighted by Gasteiger charge is 2.37. The molecule has 0 amide bonds. The Balaban J connectivity index is 2.42. The van der Waals surface area contributed by atoms with E-state index in [4.69, 9.17) is 0 Å². The maximum atomic E-state index is 13.8. The van der Waals surface area contributed by atoms with E-state index in [1.54, 1.807) is 6.92 Å². The maximum Gasteiger partial charge on any atom is 0.110 e. The summed E-state index contributed by atoms with van der Waals surface area (Å²) >= 11 is 0. The van der Waals surface area contributed by atoms with Gasteiger partial charge in [0.25, 0.3) is 0 Å². The van der Waals surface area contributed by atoms with E-state index >= 15 is 0 Å². The van der Waals surface area contributed by atoms with Crippen molar-refractivity contribution in [2.45, 2.75) is 59.0 Å². The Bertz CT molecular complexity index is 161. The highest BCUT2D eigenvalue weighted by molar-refractivity contribution is 4.87. The normalized spacial score (nSPS) is 41.1. The van der Waals surface area contributed by atoms with Crippen molar-refractivity contribution in [3.05, 3.63) is 0 Å². The van der Waals surface area contributed by atoms with Crippen molar-refractivity contribution in [2.75, 3.05) is 0 Å². The van der Waals surface area contributed by atoms with Crippen molar-refractivity contribution in [3.63, 3.8) is 0 Å². The summed E-state index contributed by atoms with van der Waals surface area (Å²) in [4.78, 5) is 0. The van der Waals surface area contributed by atoms with E-state index in [-0.39, 0.29) is 5.92 Å². The molecular formula is C12H23F. The summed E-state index contributed by atoms with van der Waals surface area (Å²) in [6.45, 7) is 8.34. The van der Waals surface area contributed by atoms with Crippen LogP contribution in [-0.2, 0) is 0 Å². The fourth-order valence-electron chi connectivity index (χ4n) is 2.48. The zero-order valence-electron chi connectivity index (χ0n) is 9.44. The van der Waals surface area contributed by atoms with Gasteiger partial charge < -0.3 is 0 Å². The van der Waals surface area contributed by atoms with Crippen LogP contribution in [0.25, 0.3) is 0 Å². The molecular weight excluding hydrogens is 163 g/mol. The Hall–Kier alpha value is -0.0700. The molecule has 1 saturated carbocycles. The molecule has 1 rings (SSSR count). The summed E-state index contributed by atoms with van der Waals surface area (Å²) < 4.78 is 13.8. The first-order valence-electron chi connectivity index (χ1n) is 5.60. The van der Waals surface area contributed by atoms with E-state index in [9.17, 15) is 4.39 Å². The Morgan fingerprint density at radius 1 is 1.46 bits per heavy atom. The van der Waals surface area contributed by atoms with Gasteiger partial charge in [-0.2, -0.15) is 0 Å². The molecule has 0 aromatic rings. The minimum absolute atomic E-state index is 0.255. The second kappa shape index (κ2) is 3.98. The monoisotopic (exact) mass is 186 g/mol. The lowest BCUT2D eigenvalue weighted by atomic mass is 9.72. The second-order valence-corrected chi connectivity index (χ2v) is 5.45. The van der Waals surface area contributed by atoms with Gasteiger partial charge in [-0.15, -0.1) is 0 Å². The average molecular weight is 186 g/mol. The standard InChI is InChI=1S/C12H23F/c1-9(2)7-11-5-6-12(4,13)10(3)8-11/h9-11H,5-8H2,1-4H3/t10-,11+,12?/m1/s1. The van der Waals surface area contributed by atoms with E-state index in [0.29, 0.717) is 0 Å². The first kappa shape index (κ1) is 11.0. The molecule has 0 spiro atoms. The van der Waals surface area contributed by atoms with Crippen LogP contribution in [0.1, 0.15) is 53.4 Å². The van der Waals surface area contributed by atoms with Gasteiger partial charge in [-0.05, 0) is 50.4 Å². The molecule has 0 radical (unpaired) electrons. The summed E-state index contributed by atoms with van der Waals surface area (Å²) in [6, 6.07) is 0. The minimum atomic E-state index is -0.895. The first-order chi connectivity index (χ1) is 5.92. The van der Waals surface area contributed by atoms with Crippen molar-refractivity contribution in [1.29, 1.82) is 0 Å². The fourth-order valence-corrected chi connectivity index (χ4v) is 2.48. The number of hydrogen-bond acceptors (Lipinski definition) is 0. The predicted octanol–water partition coefficient (Wildman–Crippen LogP) is 4.20. The zero-order chi connectivity index (χ0) is 10.1. The van der Waals surface area contributed by atoms with Crippen LogP contribution < -0.4 is 0 Å². The number of rotatable bonds is 2. The van der Waals surface area contributed by atoms with Gasteiger partial charge in [0.05, 0.1) is 0 Å². The number of hydrogen-bond donors (Lipinski definition) is 0. The van der Waals surface area contributed by atoms with Gasteiger partial charge in [0.2, 0.25) is 0 Å². The highest BCUT2D eigenvalue weighted by atomic mass is 19.1. The van der Waals surface area contributed by atoms with Crippen molar-refractivity contribution < 1.29 is 4.39 Å². The van der Waals surface area contributed by atoms with E-state index in [0.717, 1.165) is 31.1 Å². The van der Waals surface area contributed by atoms with Gasteiger partial charge in [-0.1, -0.05) is 20.8 Å². The Morgan fingerprint density at radius 2 is 2.08 bits per heavy atom. The molecule has 0 aromatic heterocycles. The lowest BCUT2D eigenvalue weighted by molar-refractivity contribution is 0.0381. The van der Waals surface area contributed by atoms with Crippen LogP contribution >= 0.6 is 0 Å². The molecule has 1 fully saturated rings. The average Bonchev–Trinajstić information content (AvgIpc) is 1.97. The first-order valence-corrected chi connectivity index (χ1v) is 5.60. The van der Waals surface area contributed by atoms with Gasteiger partial charge in [0.1, 0.15) is 5.67 Å². The number of alkyl halides is 1. The van der Waals surface area contributed by atoms with E-state index in [1.165, 1.54) is 6.42 Å². The Labute approximate surface area is 81.9 Å². The van der Waals surface area contributed by atoms with Crippen molar-refractivity contribution in [1.82, 2.24) is 0 Å². The van der Waals surface area contributed by atoms with Crippen LogP contribution in [0.2, 0.25) is 0 Å². The molecule has 0 saturated heterocycles. The van der Waals surface area contributed by atoms with E-state index in [2.05, 4.69) is 20.8 Å². The minimum Gasteiger partial charge on any atom is -0.244 e. The van der Waals surface area contributed by atoms with Crippen LogP contribution in [0, 0.1) is 17.8 Å². The fraction of sp³-hybridized carbons (Fsp3) is 1.00. The molecule has 3 atom stereocenters. The summed E-state index contributed by atoms with van der Waals surface area (Å²) in [5.74, 6) is 1.80. The molecule has 1 unspecified atom stereocenters. The van der Waals surface area contributed by atoms with Gasteiger partial charge in [0.15, 0.2) is 0 Å². The Morgan fingerprint density at radius 3 is 2.54 bits per heavy atom. The quantitative estimate of drug-likeness (QED) is 0.606. The molecule has 0 bridgehead atoms. The molecule has 0 aliphatic heterocycles. The molecule has 1 heteroatoms. The van der Waals surface area contributed by atoms with Gasteiger partial charge in [-0.3, -0.25) is 0 Å². The lowest BCUT2D eigenvalue weighted by Gasteiger charge is -2.37. The molecule has 1 aliphatic rings. The SMILES string of the molecule is CC(C)C[C@@H]1CCC(C)(F)[C@H](C)C1. The third kappa shape index (κ3) is 2.96. The highest BCUT2D eigenvalue weighted by Crippen LogP contribution is 2.41. The smallest absolute Gasteiger partial charge is 0.110 e. The molecule has 78 valence electrons. The summed E-state index contributed by atoms with van der Waals surface area (Å²) in [5.41, 5.74) is -0.895. The number of halogens is 1. The molecule has 13 heavy (non-hydrogen) atoms. The second-order valence-electron chi connectivity index (χ2n) is 5.45. The molecule has 1 aliphatic carbocycles. The van der Waals surface area contributed by atoms with Crippen molar-refractivity contribution >= 4 is 0 Å². The zero-order valence-corrected chi connectivity index (χ0v) is 9.44. The van der Waals surface area contributed by atoms with Gasteiger partial charge in [-0.25, -0.2) is 4.39 Å². The van der Waals surface area contributed by atoms with Crippen molar-refractivity contribution in [3.8, 4) is 0 Å². The van der Waals surface area contributed by atoms with Crippen LogP contribution in [0.3, 0.4) is 0 Å². The van der Waals surface area contributed by atoms with Gasteiger partial charge >= 0.3 is 0 Å².